The van der Waals surface area contributed by atoms with Crippen LogP contribution in [0.2, 0.25) is 0 Å². The van der Waals surface area contributed by atoms with Gasteiger partial charge in [0.2, 0.25) is 0 Å². The van der Waals surface area contributed by atoms with E-state index in [9.17, 15) is 8.42 Å². The molecule has 0 amide bonds. The van der Waals surface area contributed by atoms with Crippen LogP contribution in [0.15, 0.2) is 0 Å². The third-order valence-corrected chi connectivity index (χ3v) is 1.16. The van der Waals surface area contributed by atoms with Crippen LogP contribution in [-0.4, -0.2) is 13.1 Å². The summed E-state index contributed by atoms with van der Waals surface area (Å²) in [5.74, 6) is 0. The van der Waals surface area contributed by atoms with Gasteiger partial charge in [0.05, 0.1) is 0 Å². The number of hydrogen-bond acceptors (Lipinski definition) is 2. The van der Waals surface area contributed by atoms with Gasteiger partial charge in [-0.15, -0.1) is 11.6 Å². The fourth-order valence-electron chi connectivity index (χ4n) is 0. The van der Waals surface area contributed by atoms with Crippen molar-refractivity contribution in [1.29, 1.82) is 0 Å². The molecule has 0 saturated carbocycles. The Balaban J connectivity index is 3.57. The van der Waals surface area contributed by atoms with Crippen LogP contribution in [0, 0.1) is 6.92 Å². The van der Waals surface area contributed by atoms with Gasteiger partial charge in [0.25, 0.3) is 0 Å². The van der Waals surface area contributed by atoms with Crippen LogP contribution >= 0.6 is 11.6 Å². The Bertz CT molecular complexity index is 87.7. The Morgan fingerprint density at radius 3 is 1.83 bits per heavy atom. The average molecular weight is 128 g/mol. The third kappa shape index (κ3) is 2.48. The van der Waals surface area contributed by atoms with Crippen molar-refractivity contribution in [3.63, 3.8) is 0 Å². The number of hydrogen-bond donors (Lipinski definition) is 1. The fourth-order valence-corrected chi connectivity index (χ4v) is 0. The smallest absolute Gasteiger partial charge is 0.156 e. The second kappa shape index (κ2) is 2.42. The lowest BCUT2D eigenvalue weighted by molar-refractivity contribution is 0.615. The lowest BCUT2D eigenvalue weighted by Gasteiger charge is -1.79. The summed E-state index contributed by atoms with van der Waals surface area (Å²) in [5, 5.41) is 0. The molecular weight excluding hydrogens is 124 g/mol. The molecule has 0 fully saturated rings. The van der Waals surface area contributed by atoms with Crippen molar-refractivity contribution in [2.45, 2.75) is 4.71 Å². The molecule has 0 aliphatic carbocycles. The molecule has 0 saturated heterocycles. The molecule has 1 unspecified atom stereocenters. The average Bonchev–Trinajstić information content (AvgIpc) is 1.36. The largest absolute Gasteiger partial charge is 0.230 e. The minimum atomic E-state index is -2.51. The summed E-state index contributed by atoms with van der Waals surface area (Å²) in [5.41, 5.74) is 0. The minimum absolute atomic E-state index is 0.972. The number of alkyl halides is 1. The Morgan fingerprint density at radius 1 is 1.67 bits per heavy atom. The van der Waals surface area contributed by atoms with Crippen LogP contribution in [0.5, 0.6) is 0 Å². The lowest BCUT2D eigenvalue weighted by Crippen LogP contribution is -1.89. The van der Waals surface area contributed by atoms with Gasteiger partial charge in [-0.3, -0.25) is 0 Å². The molecule has 0 bridgehead atoms. The molecule has 0 aromatic rings. The highest BCUT2D eigenvalue weighted by molar-refractivity contribution is 7.74. The first-order valence-electron chi connectivity index (χ1n) is 1.25. The first-order valence-corrected chi connectivity index (χ1v) is 2.93. The molecule has 1 radical (unpaired) electrons. The van der Waals surface area contributed by atoms with Crippen LogP contribution < -0.4 is 0 Å². The molecule has 0 aliphatic rings. The standard InChI is InChI=1S/C2H4ClO2S/c1-2(3)6(4)5/h2,6H,1H2. The highest BCUT2D eigenvalue weighted by Gasteiger charge is 1.92. The van der Waals surface area contributed by atoms with Gasteiger partial charge in [-0.25, -0.2) is 8.42 Å². The molecule has 2 nitrogen and oxygen atoms in total. The SMILES string of the molecule is [CH2]C(Cl)[SH](=O)=O. The second-order valence-corrected chi connectivity index (χ2v) is 2.75. The summed E-state index contributed by atoms with van der Waals surface area (Å²) in [6.07, 6.45) is 0. The Labute approximate surface area is 43.1 Å². The second-order valence-electron chi connectivity index (χ2n) is 0.720. The molecule has 0 aromatic carbocycles. The van der Waals surface area contributed by atoms with E-state index in [1.54, 1.807) is 0 Å². The monoisotopic (exact) mass is 127 g/mol. The van der Waals surface area contributed by atoms with Crippen molar-refractivity contribution in [3.8, 4) is 0 Å². The van der Waals surface area contributed by atoms with Crippen molar-refractivity contribution in [2.75, 3.05) is 0 Å². The molecule has 0 spiro atoms. The first-order chi connectivity index (χ1) is 2.64. The van der Waals surface area contributed by atoms with Gasteiger partial charge < -0.3 is 0 Å². The van der Waals surface area contributed by atoms with Gasteiger partial charge in [-0.05, 0) is 6.92 Å². The normalized spacial score (nSPS) is 15.2. The zero-order chi connectivity index (χ0) is 5.15. The first kappa shape index (κ1) is 6.24. The molecule has 4 heteroatoms. The van der Waals surface area contributed by atoms with E-state index in [0.717, 1.165) is 0 Å². The van der Waals surface area contributed by atoms with E-state index in [4.69, 9.17) is 11.6 Å². The van der Waals surface area contributed by atoms with Crippen LogP contribution in [0.3, 0.4) is 0 Å². The lowest BCUT2D eigenvalue weighted by atomic mass is 11.0. The highest BCUT2D eigenvalue weighted by Crippen LogP contribution is 1.89. The molecule has 6 heavy (non-hydrogen) atoms. The van der Waals surface area contributed by atoms with Gasteiger partial charge >= 0.3 is 0 Å². The van der Waals surface area contributed by atoms with Gasteiger partial charge in [-0.2, -0.15) is 0 Å². The zero-order valence-corrected chi connectivity index (χ0v) is 4.58. The molecule has 0 N–H and O–H groups in total. The van der Waals surface area contributed by atoms with Crippen molar-refractivity contribution in [3.05, 3.63) is 6.92 Å². The maximum atomic E-state index is 9.54. The number of halogens is 1. The molecule has 37 valence electrons. The van der Waals surface area contributed by atoms with E-state index in [-0.39, 0.29) is 0 Å². The summed E-state index contributed by atoms with van der Waals surface area (Å²) in [6.45, 7) is 3.01. The minimum Gasteiger partial charge on any atom is -0.230 e. The van der Waals surface area contributed by atoms with Crippen molar-refractivity contribution < 1.29 is 8.42 Å². The highest BCUT2D eigenvalue weighted by atomic mass is 35.5. The van der Waals surface area contributed by atoms with E-state index >= 15 is 0 Å². The number of rotatable bonds is 1. The predicted molar refractivity (Wildman–Crippen MR) is 25.3 cm³/mol. The predicted octanol–water partition coefficient (Wildman–Crippen LogP) is -0.00321. The number of thiol groups is 1. The third-order valence-electron chi connectivity index (χ3n) is 0.229. The topological polar surface area (TPSA) is 34.1 Å². The van der Waals surface area contributed by atoms with E-state index in [1.165, 1.54) is 0 Å². The summed E-state index contributed by atoms with van der Waals surface area (Å²) in [7, 11) is -2.51. The van der Waals surface area contributed by atoms with Gasteiger partial charge in [0, 0.05) is 0 Å². The summed E-state index contributed by atoms with van der Waals surface area (Å²) in [4.78, 5) is 0. The molecule has 0 aromatic heterocycles. The summed E-state index contributed by atoms with van der Waals surface area (Å²) < 4.78 is 18.1. The van der Waals surface area contributed by atoms with Crippen molar-refractivity contribution >= 4 is 22.3 Å². The molecule has 0 rings (SSSR count). The quantitative estimate of drug-likeness (QED) is 0.397. The molecule has 1 atom stereocenters. The van der Waals surface area contributed by atoms with E-state index in [2.05, 4.69) is 6.92 Å². The van der Waals surface area contributed by atoms with Crippen LogP contribution in [0.25, 0.3) is 0 Å². The maximum Gasteiger partial charge on any atom is 0.156 e. The van der Waals surface area contributed by atoms with Crippen LogP contribution in [0.4, 0.5) is 0 Å². The van der Waals surface area contributed by atoms with Gasteiger partial charge in [-0.1, -0.05) is 0 Å². The Hall–Kier alpha value is 0.240. The van der Waals surface area contributed by atoms with Gasteiger partial charge in [0.15, 0.2) is 10.7 Å². The van der Waals surface area contributed by atoms with E-state index in [0.29, 0.717) is 0 Å². The Kier molecular flexibility index (Phi) is 2.52. The molecular formula is C2H4ClO2S. The van der Waals surface area contributed by atoms with E-state index < -0.39 is 15.4 Å². The summed E-state index contributed by atoms with van der Waals surface area (Å²) >= 11 is 4.91. The van der Waals surface area contributed by atoms with Gasteiger partial charge in [0.1, 0.15) is 4.71 Å². The summed E-state index contributed by atoms with van der Waals surface area (Å²) in [6, 6.07) is 0. The zero-order valence-electron chi connectivity index (χ0n) is 2.93. The molecule has 0 heterocycles. The fraction of sp³-hybridized carbons (Fsp3) is 0.500. The maximum absolute atomic E-state index is 9.54. The van der Waals surface area contributed by atoms with Crippen LogP contribution in [-0.2, 0) is 10.7 Å². The van der Waals surface area contributed by atoms with E-state index in [1.807, 2.05) is 0 Å². The Morgan fingerprint density at radius 2 is 1.83 bits per heavy atom. The van der Waals surface area contributed by atoms with Crippen molar-refractivity contribution in [1.82, 2.24) is 0 Å². The molecule has 0 aliphatic heterocycles. The van der Waals surface area contributed by atoms with Crippen molar-refractivity contribution in [2.24, 2.45) is 0 Å². The van der Waals surface area contributed by atoms with Crippen LogP contribution in [0.1, 0.15) is 0 Å².